The highest BCUT2D eigenvalue weighted by Gasteiger charge is 2.52. The topological polar surface area (TPSA) is 60.6 Å². The summed E-state index contributed by atoms with van der Waals surface area (Å²) in [5, 5.41) is 4.07. The Kier molecular flexibility index (Phi) is 4.35. The molecule has 0 bridgehead atoms. The lowest BCUT2D eigenvalue weighted by molar-refractivity contribution is -0.147. The van der Waals surface area contributed by atoms with Crippen molar-refractivity contribution in [3.8, 4) is 0 Å². The lowest BCUT2D eigenvalue weighted by Gasteiger charge is -2.50. The van der Waals surface area contributed by atoms with E-state index in [-0.39, 0.29) is 5.60 Å². The highest BCUT2D eigenvalue weighted by molar-refractivity contribution is 5.10. The van der Waals surface area contributed by atoms with Crippen LogP contribution in [0.1, 0.15) is 23.4 Å². The lowest BCUT2D eigenvalue weighted by Crippen LogP contribution is -2.64. The van der Waals surface area contributed by atoms with Crippen molar-refractivity contribution in [1.82, 2.24) is 15.0 Å². The Morgan fingerprint density at radius 1 is 1.33 bits per heavy atom. The molecule has 2 aromatic rings. The van der Waals surface area contributed by atoms with Crippen molar-refractivity contribution in [1.29, 1.82) is 0 Å². The van der Waals surface area contributed by atoms with Crippen LogP contribution in [0.2, 0.25) is 0 Å². The number of hydrogen-bond acceptors (Lipinski definition) is 6. The molecule has 0 aromatic carbocycles. The molecule has 2 saturated heterocycles. The van der Waals surface area contributed by atoms with Crippen LogP contribution in [0.4, 0.5) is 0 Å². The third kappa shape index (κ3) is 3.22. The van der Waals surface area contributed by atoms with Gasteiger partial charge in [-0.1, -0.05) is 5.16 Å². The summed E-state index contributed by atoms with van der Waals surface area (Å²) in [7, 11) is 0. The molecular weight excluding hydrogens is 306 g/mol. The fraction of sp³-hybridized carbons (Fsp3) is 0.556. The predicted octanol–water partition coefficient (Wildman–Crippen LogP) is 2.19. The average Bonchev–Trinajstić information content (AvgIpc) is 3.15. The molecular formula is C18H23N3O3. The molecule has 2 aromatic heterocycles. The van der Waals surface area contributed by atoms with Crippen molar-refractivity contribution in [2.24, 2.45) is 5.92 Å². The van der Waals surface area contributed by atoms with E-state index < -0.39 is 0 Å². The van der Waals surface area contributed by atoms with Crippen molar-refractivity contribution in [2.75, 3.05) is 26.3 Å². The summed E-state index contributed by atoms with van der Waals surface area (Å²) in [6, 6.07) is 5.98. The molecule has 0 saturated carbocycles. The molecule has 2 aliphatic rings. The van der Waals surface area contributed by atoms with Gasteiger partial charge in [0, 0.05) is 50.6 Å². The summed E-state index contributed by atoms with van der Waals surface area (Å²) in [6.07, 6.45) is 4.68. The molecule has 0 amide bonds. The van der Waals surface area contributed by atoms with E-state index in [9.17, 15) is 0 Å². The van der Waals surface area contributed by atoms with Gasteiger partial charge in [0.05, 0.1) is 24.5 Å². The van der Waals surface area contributed by atoms with Crippen molar-refractivity contribution < 1.29 is 14.0 Å². The van der Waals surface area contributed by atoms with Gasteiger partial charge in [0.15, 0.2) is 0 Å². The second-order valence-electron chi connectivity index (χ2n) is 6.84. The Bertz CT molecular complexity index is 667. The highest BCUT2D eigenvalue weighted by Crippen LogP contribution is 2.40. The SMILES string of the molecule is Cc1cc(CN2CC3(C2)OCC[C@H]3COCc2ccncc2)no1. The number of ether oxygens (including phenoxy) is 2. The monoisotopic (exact) mass is 329 g/mol. The molecule has 0 aliphatic carbocycles. The Morgan fingerprint density at radius 2 is 2.17 bits per heavy atom. The van der Waals surface area contributed by atoms with Gasteiger partial charge in [-0.05, 0) is 31.0 Å². The number of hydrogen-bond donors (Lipinski definition) is 0. The first-order chi connectivity index (χ1) is 11.7. The first-order valence-corrected chi connectivity index (χ1v) is 8.49. The number of nitrogens with zero attached hydrogens (tertiary/aromatic N) is 3. The average molecular weight is 329 g/mol. The van der Waals surface area contributed by atoms with Crippen LogP contribution in [0.25, 0.3) is 0 Å². The second kappa shape index (κ2) is 6.63. The zero-order valence-electron chi connectivity index (χ0n) is 14.0. The van der Waals surface area contributed by atoms with Crippen molar-refractivity contribution in [3.05, 3.63) is 47.6 Å². The smallest absolute Gasteiger partial charge is 0.133 e. The second-order valence-corrected chi connectivity index (χ2v) is 6.84. The molecule has 0 radical (unpaired) electrons. The minimum Gasteiger partial charge on any atom is -0.376 e. The fourth-order valence-corrected chi connectivity index (χ4v) is 3.71. The summed E-state index contributed by atoms with van der Waals surface area (Å²) in [5.41, 5.74) is 2.12. The van der Waals surface area contributed by atoms with E-state index in [1.807, 2.05) is 25.1 Å². The van der Waals surface area contributed by atoms with Crippen molar-refractivity contribution >= 4 is 0 Å². The lowest BCUT2D eigenvalue weighted by atomic mass is 9.81. The zero-order valence-corrected chi connectivity index (χ0v) is 14.0. The summed E-state index contributed by atoms with van der Waals surface area (Å²) >= 11 is 0. The zero-order chi connectivity index (χ0) is 16.4. The van der Waals surface area contributed by atoms with Crippen LogP contribution in [0.15, 0.2) is 35.1 Å². The molecule has 1 atom stereocenters. The Balaban J connectivity index is 1.26. The van der Waals surface area contributed by atoms with Gasteiger partial charge in [0.2, 0.25) is 0 Å². The third-order valence-corrected chi connectivity index (χ3v) is 4.98. The molecule has 1 spiro atoms. The number of pyridine rings is 1. The van der Waals surface area contributed by atoms with Crippen LogP contribution < -0.4 is 0 Å². The minimum absolute atomic E-state index is 0.0307. The van der Waals surface area contributed by atoms with E-state index in [1.54, 1.807) is 12.4 Å². The molecule has 128 valence electrons. The fourth-order valence-electron chi connectivity index (χ4n) is 3.71. The van der Waals surface area contributed by atoms with Crippen LogP contribution >= 0.6 is 0 Å². The van der Waals surface area contributed by atoms with E-state index in [0.29, 0.717) is 12.5 Å². The molecule has 4 rings (SSSR count). The molecule has 2 fully saturated rings. The van der Waals surface area contributed by atoms with Gasteiger partial charge in [-0.25, -0.2) is 0 Å². The van der Waals surface area contributed by atoms with Gasteiger partial charge >= 0.3 is 0 Å². The van der Waals surface area contributed by atoms with E-state index in [4.69, 9.17) is 14.0 Å². The largest absolute Gasteiger partial charge is 0.376 e. The minimum atomic E-state index is -0.0307. The molecule has 6 heteroatoms. The first-order valence-electron chi connectivity index (χ1n) is 8.49. The molecule has 0 N–H and O–H groups in total. The van der Waals surface area contributed by atoms with Gasteiger partial charge in [-0.2, -0.15) is 0 Å². The maximum absolute atomic E-state index is 6.09. The van der Waals surface area contributed by atoms with Crippen molar-refractivity contribution in [3.63, 3.8) is 0 Å². The van der Waals surface area contributed by atoms with Gasteiger partial charge in [-0.15, -0.1) is 0 Å². The Morgan fingerprint density at radius 3 is 2.92 bits per heavy atom. The van der Waals surface area contributed by atoms with Crippen LogP contribution in [-0.2, 0) is 22.6 Å². The molecule has 4 heterocycles. The standard InChI is InChI=1S/C18H23N3O3/c1-14-8-17(20-24-14)9-21-12-18(13-21)16(4-7-23-18)11-22-10-15-2-5-19-6-3-15/h2-3,5-6,8,16H,4,7,9-13H2,1H3/t16-/m0/s1. The molecule has 0 unspecified atom stereocenters. The number of aromatic nitrogens is 2. The van der Waals surface area contributed by atoms with Gasteiger partial charge in [0.1, 0.15) is 5.76 Å². The van der Waals surface area contributed by atoms with Gasteiger partial charge < -0.3 is 14.0 Å². The third-order valence-electron chi connectivity index (χ3n) is 4.98. The maximum atomic E-state index is 6.09. The molecule has 24 heavy (non-hydrogen) atoms. The van der Waals surface area contributed by atoms with E-state index in [2.05, 4.69) is 15.0 Å². The van der Waals surface area contributed by atoms with E-state index in [1.165, 1.54) is 0 Å². The van der Waals surface area contributed by atoms with Crippen LogP contribution in [0.3, 0.4) is 0 Å². The summed E-state index contributed by atoms with van der Waals surface area (Å²) < 4.78 is 17.2. The van der Waals surface area contributed by atoms with E-state index >= 15 is 0 Å². The van der Waals surface area contributed by atoms with Crippen molar-refractivity contribution in [2.45, 2.75) is 32.1 Å². The first kappa shape index (κ1) is 15.7. The van der Waals surface area contributed by atoms with Crippen LogP contribution in [0, 0.1) is 12.8 Å². The summed E-state index contributed by atoms with van der Waals surface area (Å²) in [6.45, 7) is 6.86. The summed E-state index contributed by atoms with van der Waals surface area (Å²) in [4.78, 5) is 6.39. The van der Waals surface area contributed by atoms with E-state index in [0.717, 1.165) is 56.3 Å². The Labute approximate surface area is 141 Å². The number of rotatable bonds is 6. The number of aryl methyl sites for hydroxylation is 1. The molecule has 2 aliphatic heterocycles. The molecule has 6 nitrogen and oxygen atoms in total. The maximum Gasteiger partial charge on any atom is 0.133 e. The Hall–Kier alpha value is -1.76. The normalized spacial score (nSPS) is 22.8. The summed E-state index contributed by atoms with van der Waals surface area (Å²) in [5.74, 6) is 1.33. The highest BCUT2D eigenvalue weighted by atomic mass is 16.5. The number of likely N-dealkylation sites (tertiary alicyclic amines) is 1. The van der Waals surface area contributed by atoms with Gasteiger partial charge in [-0.3, -0.25) is 9.88 Å². The van der Waals surface area contributed by atoms with Crippen LogP contribution in [0.5, 0.6) is 0 Å². The quantitative estimate of drug-likeness (QED) is 0.809. The predicted molar refractivity (Wildman–Crippen MR) is 87.2 cm³/mol. The van der Waals surface area contributed by atoms with Gasteiger partial charge in [0.25, 0.3) is 0 Å². The van der Waals surface area contributed by atoms with Crippen LogP contribution in [-0.4, -0.2) is 46.9 Å².